The Morgan fingerprint density at radius 1 is 1.57 bits per heavy atom. The predicted molar refractivity (Wildman–Crippen MR) is 31.6 cm³/mol. The molecule has 0 aromatic carbocycles. The maximum Gasteiger partial charge on any atom is 0.0225 e. The summed E-state index contributed by atoms with van der Waals surface area (Å²) in [6.45, 7) is 1.98. The van der Waals surface area contributed by atoms with Gasteiger partial charge in [0.15, 0.2) is 0 Å². The molecule has 1 N–H and O–H groups in total. The number of nitrogens with zero attached hydrogens (tertiary/aromatic N) is 1. The molecule has 42 valence electrons. The van der Waals surface area contributed by atoms with Gasteiger partial charge in [-0.05, 0) is 6.92 Å². The highest BCUT2D eigenvalue weighted by molar-refractivity contribution is 4.72. The molecule has 0 saturated heterocycles. The SMILES string of the molecule is C/C=C\N(C)NC. The molecule has 0 rings (SSSR count). The molecule has 0 radical (unpaired) electrons. The molecule has 0 aliphatic heterocycles. The topological polar surface area (TPSA) is 15.3 Å². The Kier molecular flexibility index (Phi) is 3.42. The number of allylic oxidation sites excluding steroid dienone is 1. The van der Waals surface area contributed by atoms with Crippen LogP contribution in [-0.2, 0) is 0 Å². The minimum atomic E-state index is 1.88. The van der Waals surface area contributed by atoms with Crippen molar-refractivity contribution in [3.05, 3.63) is 12.3 Å². The molecular formula is C5H12N2. The first-order valence-electron chi connectivity index (χ1n) is 2.34. The number of nitrogens with one attached hydrogen (secondary N) is 1. The number of hydrogen-bond acceptors (Lipinski definition) is 2. The van der Waals surface area contributed by atoms with Crippen LogP contribution < -0.4 is 5.43 Å². The van der Waals surface area contributed by atoms with Crippen molar-refractivity contribution >= 4 is 0 Å². The Labute approximate surface area is 44.8 Å². The average Bonchev–Trinajstić information content (AvgIpc) is 1.68. The minimum absolute atomic E-state index is 1.88. The average molecular weight is 100 g/mol. The van der Waals surface area contributed by atoms with Crippen LogP contribution in [0.5, 0.6) is 0 Å². The zero-order chi connectivity index (χ0) is 5.70. The first-order chi connectivity index (χ1) is 3.31. The third kappa shape index (κ3) is 3.33. The molecule has 0 saturated carbocycles. The fourth-order valence-corrected chi connectivity index (χ4v) is 0.298. The molecule has 0 amide bonds. The van der Waals surface area contributed by atoms with E-state index in [2.05, 4.69) is 5.43 Å². The molecule has 0 bridgehead atoms. The van der Waals surface area contributed by atoms with E-state index in [0.717, 1.165) is 0 Å². The summed E-state index contributed by atoms with van der Waals surface area (Å²) in [6.07, 6.45) is 3.91. The van der Waals surface area contributed by atoms with Crippen LogP contribution in [0.25, 0.3) is 0 Å². The number of hydrazine groups is 1. The Hall–Kier alpha value is -0.500. The van der Waals surface area contributed by atoms with Gasteiger partial charge in [0.25, 0.3) is 0 Å². The van der Waals surface area contributed by atoms with Gasteiger partial charge in [0, 0.05) is 20.3 Å². The van der Waals surface area contributed by atoms with E-state index in [0.29, 0.717) is 0 Å². The summed E-state index contributed by atoms with van der Waals surface area (Å²) in [7, 11) is 3.82. The molecule has 0 heterocycles. The van der Waals surface area contributed by atoms with E-state index in [1.54, 1.807) is 0 Å². The van der Waals surface area contributed by atoms with Gasteiger partial charge in [0.2, 0.25) is 0 Å². The third-order valence-electron chi connectivity index (χ3n) is 0.725. The second-order valence-electron chi connectivity index (χ2n) is 1.32. The predicted octanol–water partition coefficient (Wildman–Crippen LogP) is 0.586. The molecule has 0 aromatic heterocycles. The van der Waals surface area contributed by atoms with Crippen LogP contribution >= 0.6 is 0 Å². The third-order valence-corrected chi connectivity index (χ3v) is 0.725. The van der Waals surface area contributed by atoms with Crippen molar-refractivity contribution in [3.63, 3.8) is 0 Å². The molecule has 2 heteroatoms. The molecule has 0 aliphatic carbocycles. The van der Waals surface area contributed by atoms with E-state index in [1.165, 1.54) is 0 Å². The standard InChI is InChI=1S/C5H12N2/c1-4-5-7(3)6-2/h4-6H,1-3H3/b5-4-. The summed E-state index contributed by atoms with van der Waals surface area (Å²) in [5.74, 6) is 0. The van der Waals surface area contributed by atoms with Gasteiger partial charge >= 0.3 is 0 Å². The van der Waals surface area contributed by atoms with Crippen LogP contribution in [-0.4, -0.2) is 19.1 Å². The largest absolute Gasteiger partial charge is 0.319 e. The highest BCUT2D eigenvalue weighted by Crippen LogP contribution is 1.72. The molecular weight excluding hydrogens is 88.1 g/mol. The Morgan fingerprint density at radius 3 is 2.29 bits per heavy atom. The summed E-state index contributed by atoms with van der Waals surface area (Å²) in [4.78, 5) is 0. The Balaban J connectivity index is 3.16. The molecule has 0 aromatic rings. The van der Waals surface area contributed by atoms with Gasteiger partial charge in [-0.1, -0.05) is 6.08 Å². The summed E-state index contributed by atoms with van der Waals surface area (Å²) in [5, 5.41) is 1.88. The van der Waals surface area contributed by atoms with Crippen LogP contribution in [0.1, 0.15) is 6.92 Å². The van der Waals surface area contributed by atoms with Gasteiger partial charge in [-0.3, -0.25) is 0 Å². The first kappa shape index (κ1) is 6.50. The summed E-state index contributed by atoms with van der Waals surface area (Å²) in [5.41, 5.74) is 2.91. The molecule has 0 spiro atoms. The Bertz CT molecular complexity index is 59.1. The summed E-state index contributed by atoms with van der Waals surface area (Å²) < 4.78 is 0. The molecule has 0 fully saturated rings. The highest BCUT2D eigenvalue weighted by Gasteiger charge is 1.74. The van der Waals surface area contributed by atoms with Crippen molar-refractivity contribution in [2.45, 2.75) is 6.92 Å². The van der Waals surface area contributed by atoms with E-state index in [1.807, 2.05) is 38.3 Å². The normalized spacial score (nSPS) is 10.1. The maximum atomic E-state index is 2.91. The van der Waals surface area contributed by atoms with Crippen molar-refractivity contribution in [3.8, 4) is 0 Å². The zero-order valence-corrected chi connectivity index (χ0v) is 5.10. The van der Waals surface area contributed by atoms with Crippen molar-refractivity contribution < 1.29 is 0 Å². The van der Waals surface area contributed by atoms with Crippen molar-refractivity contribution in [1.82, 2.24) is 10.4 Å². The van der Waals surface area contributed by atoms with E-state index < -0.39 is 0 Å². The molecule has 0 aliphatic rings. The monoisotopic (exact) mass is 100 g/mol. The van der Waals surface area contributed by atoms with Crippen LogP contribution in [0.15, 0.2) is 12.3 Å². The van der Waals surface area contributed by atoms with Crippen molar-refractivity contribution in [1.29, 1.82) is 0 Å². The van der Waals surface area contributed by atoms with Gasteiger partial charge in [-0.2, -0.15) is 0 Å². The lowest BCUT2D eigenvalue weighted by molar-refractivity contribution is 0.365. The van der Waals surface area contributed by atoms with Crippen LogP contribution in [0.2, 0.25) is 0 Å². The maximum absolute atomic E-state index is 2.91. The van der Waals surface area contributed by atoms with E-state index in [4.69, 9.17) is 0 Å². The van der Waals surface area contributed by atoms with Gasteiger partial charge in [-0.25, -0.2) is 5.43 Å². The van der Waals surface area contributed by atoms with Gasteiger partial charge in [0.05, 0.1) is 0 Å². The van der Waals surface area contributed by atoms with Gasteiger partial charge < -0.3 is 5.01 Å². The molecule has 0 atom stereocenters. The quantitative estimate of drug-likeness (QED) is 0.511. The number of rotatable bonds is 2. The van der Waals surface area contributed by atoms with Crippen LogP contribution in [0.3, 0.4) is 0 Å². The molecule has 7 heavy (non-hydrogen) atoms. The van der Waals surface area contributed by atoms with Crippen molar-refractivity contribution in [2.24, 2.45) is 0 Å². The zero-order valence-electron chi connectivity index (χ0n) is 5.10. The second-order valence-corrected chi connectivity index (χ2v) is 1.32. The summed E-state index contributed by atoms with van der Waals surface area (Å²) >= 11 is 0. The lowest BCUT2D eigenvalue weighted by Gasteiger charge is -2.09. The summed E-state index contributed by atoms with van der Waals surface area (Å²) in [6, 6.07) is 0. The van der Waals surface area contributed by atoms with E-state index in [9.17, 15) is 0 Å². The smallest absolute Gasteiger partial charge is 0.0225 e. The molecule has 0 unspecified atom stereocenters. The Morgan fingerprint density at radius 2 is 2.14 bits per heavy atom. The fourth-order valence-electron chi connectivity index (χ4n) is 0.298. The van der Waals surface area contributed by atoms with E-state index in [-0.39, 0.29) is 0 Å². The fraction of sp³-hybridized carbons (Fsp3) is 0.600. The minimum Gasteiger partial charge on any atom is -0.319 e. The first-order valence-corrected chi connectivity index (χ1v) is 2.34. The lowest BCUT2D eigenvalue weighted by Crippen LogP contribution is -2.24. The van der Waals surface area contributed by atoms with Gasteiger partial charge in [-0.15, -0.1) is 0 Å². The van der Waals surface area contributed by atoms with E-state index >= 15 is 0 Å². The molecule has 2 nitrogen and oxygen atoms in total. The van der Waals surface area contributed by atoms with Gasteiger partial charge in [0.1, 0.15) is 0 Å². The van der Waals surface area contributed by atoms with Crippen LogP contribution in [0.4, 0.5) is 0 Å². The second kappa shape index (κ2) is 3.68. The van der Waals surface area contributed by atoms with Crippen LogP contribution in [0, 0.1) is 0 Å². The van der Waals surface area contributed by atoms with Crippen molar-refractivity contribution in [2.75, 3.05) is 14.1 Å². The lowest BCUT2D eigenvalue weighted by atomic mass is 10.7. The highest BCUT2D eigenvalue weighted by atomic mass is 15.5. The number of hydrogen-bond donors (Lipinski definition) is 1.